The van der Waals surface area contributed by atoms with Crippen LogP contribution in [0, 0.1) is 5.92 Å². The number of rotatable bonds is 11. The third kappa shape index (κ3) is 6.48. The SMILES string of the molecule is C=CC(O)OCC(CC)COC(=O)c1ccccc1C(=O)c1ccc(-c2ccccc2)cc1. The molecule has 2 atom stereocenters. The molecule has 0 spiro atoms. The molecule has 0 aromatic heterocycles. The Kier molecular flexibility index (Phi) is 8.70. The molecule has 2 unspecified atom stereocenters. The highest BCUT2D eigenvalue weighted by Crippen LogP contribution is 2.22. The molecule has 33 heavy (non-hydrogen) atoms. The molecule has 1 N–H and O–H groups in total. The number of aliphatic hydroxyl groups excluding tert-OH is 1. The summed E-state index contributed by atoms with van der Waals surface area (Å²) in [6.07, 6.45) is 0.930. The number of hydrogen-bond donors (Lipinski definition) is 1. The first-order chi connectivity index (χ1) is 16.0. The zero-order valence-electron chi connectivity index (χ0n) is 18.6. The number of benzene rings is 3. The maximum atomic E-state index is 13.2. The molecule has 3 aromatic rings. The Bertz CT molecular complexity index is 1070. The molecule has 170 valence electrons. The molecule has 0 aliphatic rings. The molecule has 5 heteroatoms. The maximum absolute atomic E-state index is 13.2. The fourth-order valence-corrected chi connectivity index (χ4v) is 3.32. The van der Waals surface area contributed by atoms with Crippen LogP contribution in [0.4, 0.5) is 0 Å². The zero-order chi connectivity index (χ0) is 23.6. The van der Waals surface area contributed by atoms with E-state index in [4.69, 9.17) is 9.47 Å². The van der Waals surface area contributed by atoms with Gasteiger partial charge >= 0.3 is 5.97 Å². The van der Waals surface area contributed by atoms with Crippen molar-refractivity contribution in [2.75, 3.05) is 13.2 Å². The van der Waals surface area contributed by atoms with Crippen LogP contribution in [0.5, 0.6) is 0 Å². The molecule has 0 fully saturated rings. The molecule has 0 heterocycles. The van der Waals surface area contributed by atoms with Gasteiger partial charge in [0.05, 0.1) is 18.8 Å². The Balaban J connectivity index is 1.71. The third-order valence-electron chi connectivity index (χ3n) is 5.38. The van der Waals surface area contributed by atoms with E-state index >= 15 is 0 Å². The minimum absolute atomic E-state index is 0.0862. The van der Waals surface area contributed by atoms with Gasteiger partial charge < -0.3 is 14.6 Å². The number of carbonyl (C=O) groups is 2. The van der Waals surface area contributed by atoms with Gasteiger partial charge in [0.15, 0.2) is 12.1 Å². The van der Waals surface area contributed by atoms with E-state index in [1.165, 1.54) is 6.08 Å². The van der Waals surface area contributed by atoms with E-state index in [1.54, 1.807) is 36.4 Å². The largest absolute Gasteiger partial charge is 0.462 e. The first-order valence-corrected chi connectivity index (χ1v) is 10.9. The van der Waals surface area contributed by atoms with Gasteiger partial charge in [-0.1, -0.05) is 86.3 Å². The van der Waals surface area contributed by atoms with E-state index in [0.29, 0.717) is 17.5 Å². The molecule has 0 bridgehead atoms. The lowest BCUT2D eigenvalue weighted by Gasteiger charge is -2.17. The van der Waals surface area contributed by atoms with Crippen molar-refractivity contribution in [3.05, 3.63) is 108 Å². The summed E-state index contributed by atoms with van der Waals surface area (Å²) in [4.78, 5) is 25.9. The lowest BCUT2D eigenvalue weighted by atomic mass is 9.96. The lowest BCUT2D eigenvalue weighted by Crippen LogP contribution is -2.22. The second kappa shape index (κ2) is 11.9. The van der Waals surface area contributed by atoms with Gasteiger partial charge in [0, 0.05) is 17.0 Å². The van der Waals surface area contributed by atoms with Crippen LogP contribution in [0.2, 0.25) is 0 Å². The lowest BCUT2D eigenvalue weighted by molar-refractivity contribution is -0.0819. The predicted octanol–water partition coefficient (Wildman–Crippen LogP) is 5.29. The highest BCUT2D eigenvalue weighted by Gasteiger charge is 2.20. The van der Waals surface area contributed by atoms with Crippen LogP contribution in [0.15, 0.2) is 91.5 Å². The fourth-order valence-electron chi connectivity index (χ4n) is 3.32. The van der Waals surface area contributed by atoms with Crippen molar-refractivity contribution in [3.63, 3.8) is 0 Å². The van der Waals surface area contributed by atoms with Crippen LogP contribution >= 0.6 is 0 Å². The maximum Gasteiger partial charge on any atom is 0.338 e. The first kappa shape index (κ1) is 24.1. The molecular formula is C28H28O5. The van der Waals surface area contributed by atoms with Crippen molar-refractivity contribution in [1.82, 2.24) is 0 Å². The fraction of sp³-hybridized carbons (Fsp3) is 0.214. The molecule has 0 amide bonds. The van der Waals surface area contributed by atoms with E-state index in [1.807, 2.05) is 49.4 Å². The van der Waals surface area contributed by atoms with Crippen molar-refractivity contribution in [3.8, 4) is 11.1 Å². The van der Waals surface area contributed by atoms with Gasteiger partial charge in [-0.05, 0) is 29.7 Å². The second-order valence-electron chi connectivity index (χ2n) is 7.65. The highest BCUT2D eigenvalue weighted by molar-refractivity contribution is 6.14. The summed E-state index contributed by atoms with van der Waals surface area (Å²) in [5.41, 5.74) is 3.08. The minimum Gasteiger partial charge on any atom is -0.462 e. The molecule has 0 aliphatic heterocycles. The number of hydrogen-bond acceptors (Lipinski definition) is 5. The van der Waals surface area contributed by atoms with Gasteiger partial charge in [-0.15, -0.1) is 0 Å². The molecule has 0 aliphatic carbocycles. The minimum atomic E-state index is -1.05. The van der Waals surface area contributed by atoms with Gasteiger partial charge in [-0.25, -0.2) is 4.79 Å². The van der Waals surface area contributed by atoms with E-state index in [0.717, 1.165) is 11.1 Å². The summed E-state index contributed by atoms with van der Waals surface area (Å²) in [7, 11) is 0. The Labute approximate surface area is 194 Å². The van der Waals surface area contributed by atoms with Crippen LogP contribution < -0.4 is 0 Å². The standard InChI is InChI=1S/C28H28O5/c1-3-20(18-32-26(29)4-2)19-33-28(31)25-13-9-8-12-24(25)27(30)23-16-14-22(15-17-23)21-10-6-5-7-11-21/h4-17,20,26,29H,2-3,18-19H2,1H3. The van der Waals surface area contributed by atoms with Crippen LogP contribution in [-0.4, -0.2) is 36.4 Å². The summed E-state index contributed by atoms with van der Waals surface area (Å²) < 4.78 is 10.7. The monoisotopic (exact) mass is 444 g/mol. The van der Waals surface area contributed by atoms with Crippen LogP contribution in [0.3, 0.4) is 0 Å². The Morgan fingerprint density at radius 3 is 2.12 bits per heavy atom. The quantitative estimate of drug-likeness (QED) is 0.188. The van der Waals surface area contributed by atoms with Gasteiger partial charge in [0.1, 0.15) is 0 Å². The second-order valence-corrected chi connectivity index (χ2v) is 7.65. The van der Waals surface area contributed by atoms with Crippen molar-refractivity contribution in [2.45, 2.75) is 19.6 Å². The van der Waals surface area contributed by atoms with Crippen molar-refractivity contribution < 1.29 is 24.2 Å². The number of esters is 1. The molecule has 0 radical (unpaired) electrons. The Hall–Kier alpha value is -3.54. The molecule has 0 saturated carbocycles. The molecular weight excluding hydrogens is 416 g/mol. The van der Waals surface area contributed by atoms with Crippen LogP contribution in [0.25, 0.3) is 11.1 Å². The van der Waals surface area contributed by atoms with E-state index in [-0.39, 0.29) is 30.5 Å². The summed E-state index contributed by atoms with van der Waals surface area (Å²) in [6.45, 7) is 5.75. The molecule has 3 rings (SSSR count). The number of carbonyl (C=O) groups excluding carboxylic acids is 2. The number of ether oxygens (including phenoxy) is 2. The van der Waals surface area contributed by atoms with Crippen molar-refractivity contribution in [2.24, 2.45) is 5.92 Å². The number of aliphatic hydroxyl groups is 1. The first-order valence-electron chi connectivity index (χ1n) is 10.9. The molecule has 0 saturated heterocycles. The van der Waals surface area contributed by atoms with Gasteiger partial charge in [0.25, 0.3) is 0 Å². The Morgan fingerprint density at radius 2 is 1.48 bits per heavy atom. The van der Waals surface area contributed by atoms with Gasteiger partial charge in [0.2, 0.25) is 0 Å². The van der Waals surface area contributed by atoms with E-state index < -0.39 is 12.3 Å². The molecule has 3 aromatic carbocycles. The van der Waals surface area contributed by atoms with E-state index in [9.17, 15) is 14.7 Å². The Morgan fingerprint density at radius 1 is 0.879 bits per heavy atom. The summed E-state index contributed by atoms with van der Waals surface area (Å²) >= 11 is 0. The van der Waals surface area contributed by atoms with Crippen molar-refractivity contribution >= 4 is 11.8 Å². The van der Waals surface area contributed by atoms with Gasteiger partial charge in [-0.2, -0.15) is 0 Å². The van der Waals surface area contributed by atoms with Crippen LogP contribution in [-0.2, 0) is 9.47 Å². The van der Waals surface area contributed by atoms with Crippen LogP contribution in [0.1, 0.15) is 39.6 Å². The predicted molar refractivity (Wildman–Crippen MR) is 128 cm³/mol. The van der Waals surface area contributed by atoms with Crippen molar-refractivity contribution in [1.29, 1.82) is 0 Å². The summed E-state index contributed by atoms with van der Waals surface area (Å²) in [5.74, 6) is -0.897. The normalized spacial score (nSPS) is 12.5. The summed E-state index contributed by atoms with van der Waals surface area (Å²) in [5, 5.41) is 9.46. The smallest absolute Gasteiger partial charge is 0.338 e. The number of ketones is 1. The van der Waals surface area contributed by atoms with E-state index in [2.05, 4.69) is 6.58 Å². The zero-order valence-corrected chi connectivity index (χ0v) is 18.6. The van der Waals surface area contributed by atoms with Gasteiger partial charge in [-0.3, -0.25) is 4.79 Å². The molecule has 5 nitrogen and oxygen atoms in total. The topological polar surface area (TPSA) is 72.8 Å². The third-order valence-corrected chi connectivity index (χ3v) is 5.38. The highest BCUT2D eigenvalue weighted by atomic mass is 16.6. The average Bonchev–Trinajstić information content (AvgIpc) is 2.88. The summed E-state index contributed by atoms with van der Waals surface area (Å²) in [6, 6.07) is 23.9. The average molecular weight is 445 g/mol.